The van der Waals surface area contributed by atoms with Gasteiger partial charge in [-0.3, -0.25) is 4.90 Å². The largest absolute Gasteiger partial charge is 0.493 e. The first kappa shape index (κ1) is 12.4. The summed E-state index contributed by atoms with van der Waals surface area (Å²) in [6.45, 7) is 2.10. The molecule has 0 aliphatic carbocycles. The van der Waals surface area contributed by atoms with Gasteiger partial charge in [-0.1, -0.05) is 0 Å². The lowest BCUT2D eigenvalue weighted by Crippen LogP contribution is -2.23. The third kappa shape index (κ3) is 2.05. The molecular formula is C12H16BrN3O. The lowest BCUT2D eigenvalue weighted by atomic mass is 10.2. The second-order valence-corrected chi connectivity index (χ2v) is 5.06. The van der Waals surface area contributed by atoms with Crippen molar-refractivity contribution in [3.63, 3.8) is 0 Å². The lowest BCUT2D eigenvalue weighted by molar-refractivity contribution is 0.225. The lowest BCUT2D eigenvalue weighted by Gasteiger charge is -2.21. The van der Waals surface area contributed by atoms with Crippen LogP contribution in [0.3, 0.4) is 0 Å². The van der Waals surface area contributed by atoms with Gasteiger partial charge in [-0.2, -0.15) is 5.10 Å². The Balaban J connectivity index is 2.69. The molecule has 17 heavy (non-hydrogen) atoms. The van der Waals surface area contributed by atoms with Crippen LogP contribution in [0.1, 0.15) is 13.1 Å². The molecule has 2 rings (SSSR count). The first-order valence-corrected chi connectivity index (χ1v) is 6.21. The van der Waals surface area contributed by atoms with Crippen molar-refractivity contribution in [3.05, 3.63) is 22.8 Å². The molecule has 0 bridgehead atoms. The van der Waals surface area contributed by atoms with Crippen LogP contribution in [-0.4, -0.2) is 35.9 Å². The molecule has 0 N–H and O–H groups in total. The first-order valence-electron chi connectivity index (χ1n) is 5.42. The van der Waals surface area contributed by atoms with Gasteiger partial charge in [-0.25, -0.2) is 4.68 Å². The summed E-state index contributed by atoms with van der Waals surface area (Å²) in [6.07, 6.45) is 2.04. The van der Waals surface area contributed by atoms with Crippen molar-refractivity contribution in [2.75, 3.05) is 21.2 Å². The Labute approximate surface area is 109 Å². The van der Waals surface area contributed by atoms with Gasteiger partial charge in [0.15, 0.2) is 5.75 Å². The van der Waals surface area contributed by atoms with Gasteiger partial charge in [-0.15, -0.1) is 0 Å². The minimum absolute atomic E-state index is 0.177. The molecule has 0 saturated carbocycles. The standard InChI is InChI=1S/C12H16BrN3O/c1-8(15(2)3)16-11-9(7-14-16)5-6-10(13)12(11)17-4/h5-8H,1-4H3. The minimum atomic E-state index is 0.177. The number of nitrogens with zero attached hydrogens (tertiary/aromatic N) is 3. The molecular weight excluding hydrogens is 282 g/mol. The molecule has 0 aliphatic heterocycles. The molecule has 2 aromatic rings. The van der Waals surface area contributed by atoms with E-state index in [1.165, 1.54) is 0 Å². The molecule has 5 heteroatoms. The fourth-order valence-corrected chi connectivity index (χ4v) is 2.26. The van der Waals surface area contributed by atoms with Gasteiger partial charge in [0.05, 0.1) is 17.8 Å². The van der Waals surface area contributed by atoms with Crippen LogP contribution in [0.15, 0.2) is 22.8 Å². The maximum absolute atomic E-state index is 5.46. The Morgan fingerprint density at radius 1 is 1.41 bits per heavy atom. The Morgan fingerprint density at radius 3 is 2.71 bits per heavy atom. The summed E-state index contributed by atoms with van der Waals surface area (Å²) in [5, 5.41) is 5.52. The molecule has 1 aromatic carbocycles. The zero-order valence-corrected chi connectivity index (χ0v) is 12.0. The third-order valence-corrected chi connectivity index (χ3v) is 3.59. The molecule has 0 spiro atoms. The van der Waals surface area contributed by atoms with Crippen LogP contribution in [-0.2, 0) is 0 Å². The average molecular weight is 298 g/mol. The second-order valence-electron chi connectivity index (χ2n) is 4.20. The topological polar surface area (TPSA) is 30.3 Å². The van der Waals surface area contributed by atoms with E-state index in [2.05, 4.69) is 32.9 Å². The van der Waals surface area contributed by atoms with E-state index in [4.69, 9.17) is 4.74 Å². The summed E-state index contributed by atoms with van der Waals surface area (Å²) in [4.78, 5) is 2.10. The van der Waals surface area contributed by atoms with Crippen molar-refractivity contribution in [2.45, 2.75) is 13.1 Å². The summed E-state index contributed by atoms with van der Waals surface area (Å²) >= 11 is 3.50. The van der Waals surface area contributed by atoms with Crippen LogP contribution in [0.2, 0.25) is 0 Å². The van der Waals surface area contributed by atoms with E-state index in [-0.39, 0.29) is 6.17 Å². The van der Waals surface area contributed by atoms with E-state index in [0.29, 0.717) is 0 Å². The van der Waals surface area contributed by atoms with Gasteiger partial charge in [-0.05, 0) is 49.1 Å². The normalized spacial score (nSPS) is 13.3. The zero-order chi connectivity index (χ0) is 12.6. The van der Waals surface area contributed by atoms with Gasteiger partial charge in [0.1, 0.15) is 11.7 Å². The van der Waals surface area contributed by atoms with Crippen molar-refractivity contribution >= 4 is 26.8 Å². The zero-order valence-electron chi connectivity index (χ0n) is 10.4. The number of fused-ring (bicyclic) bond motifs is 1. The fraction of sp³-hybridized carbons (Fsp3) is 0.417. The van der Waals surface area contributed by atoms with Crippen LogP contribution in [0.4, 0.5) is 0 Å². The smallest absolute Gasteiger partial charge is 0.158 e. The van der Waals surface area contributed by atoms with Crippen LogP contribution in [0.25, 0.3) is 10.9 Å². The minimum Gasteiger partial charge on any atom is -0.493 e. The van der Waals surface area contributed by atoms with E-state index < -0.39 is 0 Å². The number of hydrogen-bond acceptors (Lipinski definition) is 3. The van der Waals surface area contributed by atoms with E-state index in [9.17, 15) is 0 Å². The van der Waals surface area contributed by atoms with Crippen LogP contribution >= 0.6 is 15.9 Å². The van der Waals surface area contributed by atoms with Gasteiger partial charge >= 0.3 is 0 Å². The highest BCUT2D eigenvalue weighted by molar-refractivity contribution is 9.10. The molecule has 1 atom stereocenters. The molecule has 0 radical (unpaired) electrons. The maximum Gasteiger partial charge on any atom is 0.158 e. The Morgan fingerprint density at radius 2 is 2.12 bits per heavy atom. The summed E-state index contributed by atoms with van der Waals surface area (Å²) in [5.74, 6) is 0.828. The van der Waals surface area contributed by atoms with Gasteiger partial charge in [0, 0.05) is 5.39 Å². The highest BCUT2D eigenvalue weighted by Gasteiger charge is 2.16. The number of rotatable bonds is 3. The van der Waals surface area contributed by atoms with Crippen molar-refractivity contribution in [3.8, 4) is 5.75 Å². The van der Waals surface area contributed by atoms with Crippen LogP contribution < -0.4 is 4.74 Å². The van der Waals surface area contributed by atoms with Crippen molar-refractivity contribution in [1.29, 1.82) is 0 Å². The highest BCUT2D eigenvalue weighted by atomic mass is 79.9. The van der Waals surface area contributed by atoms with Gasteiger partial charge in [0.2, 0.25) is 0 Å². The molecule has 0 fully saturated rings. The average Bonchev–Trinajstić information content (AvgIpc) is 2.71. The molecule has 92 valence electrons. The van der Waals surface area contributed by atoms with E-state index in [0.717, 1.165) is 21.1 Å². The van der Waals surface area contributed by atoms with Gasteiger partial charge < -0.3 is 4.74 Å². The number of ether oxygens (including phenoxy) is 1. The van der Waals surface area contributed by atoms with Gasteiger partial charge in [0.25, 0.3) is 0 Å². The van der Waals surface area contributed by atoms with Crippen LogP contribution in [0.5, 0.6) is 5.75 Å². The van der Waals surface area contributed by atoms with Crippen molar-refractivity contribution < 1.29 is 4.74 Å². The summed E-state index contributed by atoms with van der Waals surface area (Å²) < 4.78 is 8.38. The number of aromatic nitrogens is 2. The van der Waals surface area contributed by atoms with E-state index in [1.54, 1.807) is 7.11 Å². The number of benzene rings is 1. The van der Waals surface area contributed by atoms with Crippen molar-refractivity contribution in [2.24, 2.45) is 0 Å². The quantitative estimate of drug-likeness (QED) is 0.873. The predicted molar refractivity (Wildman–Crippen MR) is 72.4 cm³/mol. The maximum atomic E-state index is 5.46. The highest BCUT2D eigenvalue weighted by Crippen LogP contribution is 2.34. The summed E-state index contributed by atoms with van der Waals surface area (Å²) in [5.41, 5.74) is 1.02. The van der Waals surface area contributed by atoms with E-state index >= 15 is 0 Å². The Kier molecular flexibility index (Phi) is 3.40. The third-order valence-electron chi connectivity index (χ3n) is 2.97. The fourth-order valence-electron chi connectivity index (χ4n) is 1.78. The number of halogens is 1. The molecule has 0 saturated heterocycles. The molecule has 1 heterocycles. The summed E-state index contributed by atoms with van der Waals surface area (Å²) in [7, 11) is 5.74. The Bertz CT molecular complexity index is 536. The first-order chi connectivity index (χ1) is 8.06. The second kappa shape index (κ2) is 4.66. The van der Waals surface area contributed by atoms with Crippen molar-refractivity contribution in [1.82, 2.24) is 14.7 Å². The predicted octanol–water partition coefficient (Wildman–Crippen LogP) is 2.89. The molecule has 1 unspecified atom stereocenters. The molecule has 0 amide bonds. The van der Waals surface area contributed by atoms with E-state index in [1.807, 2.05) is 37.1 Å². The van der Waals surface area contributed by atoms with Crippen LogP contribution in [0, 0.1) is 0 Å². The number of hydrogen-bond donors (Lipinski definition) is 0. The molecule has 1 aromatic heterocycles. The molecule has 0 aliphatic rings. The summed E-state index contributed by atoms with van der Waals surface area (Å²) in [6, 6.07) is 4.02. The molecule has 4 nitrogen and oxygen atoms in total. The SMILES string of the molecule is COc1c(Br)ccc2cnn(C(C)N(C)C)c12. The Hall–Kier alpha value is -1.07. The monoisotopic (exact) mass is 297 g/mol. The number of methoxy groups -OCH3 is 1.